The van der Waals surface area contributed by atoms with Crippen LogP contribution in [0, 0.1) is 5.92 Å². The number of nitrogens with zero attached hydrogens (tertiary/aromatic N) is 3. The van der Waals surface area contributed by atoms with E-state index in [4.69, 9.17) is 22.1 Å². The molecule has 37 heavy (non-hydrogen) atoms. The second kappa shape index (κ2) is 12.0. The van der Waals surface area contributed by atoms with Gasteiger partial charge in [0.25, 0.3) is 0 Å². The summed E-state index contributed by atoms with van der Waals surface area (Å²) in [5, 5.41) is 8.78. The number of ether oxygens (including phenoxy) is 1. The molecule has 0 bridgehead atoms. The molecule has 1 atom stereocenters. The lowest BCUT2D eigenvalue weighted by Gasteiger charge is -2.17. The van der Waals surface area contributed by atoms with Crippen molar-refractivity contribution in [1.29, 1.82) is 0 Å². The molecule has 0 unspecified atom stereocenters. The summed E-state index contributed by atoms with van der Waals surface area (Å²) in [5.74, 6) is 2.43. The fourth-order valence-electron chi connectivity index (χ4n) is 5.47. The molecule has 1 N–H and O–H groups in total. The lowest BCUT2D eigenvalue weighted by Crippen LogP contribution is -2.29. The van der Waals surface area contributed by atoms with Crippen LogP contribution in [0.2, 0.25) is 0 Å². The quantitative estimate of drug-likeness (QED) is 0.215. The van der Waals surface area contributed by atoms with E-state index in [2.05, 4.69) is 58.6 Å². The van der Waals surface area contributed by atoms with E-state index < -0.39 is 0 Å². The summed E-state index contributed by atoms with van der Waals surface area (Å²) < 4.78 is 10.6. The highest BCUT2D eigenvalue weighted by Gasteiger charge is 2.29. The minimum Gasteiger partial charge on any atom is -0.486 e. The van der Waals surface area contributed by atoms with E-state index >= 15 is 0 Å². The Labute approximate surface area is 225 Å². The number of nitrogens with one attached hydrogen (secondary N) is 1. The summed E-state index contributed by atoms with van der Waals surface area (Å²) in [5.41, 5.74) is 5.96. The third-order valence-electron chi connectivity index (χ3n) is 7.55. The van der Waals surface area contributed by atoms with Crippen molar-refractivity contribution < 1.29 is 4.74 Å². The van der Waals surface area contributed by atoms with Gasteiger partial charge >= 0.3 is 0 Å². The summed E-state index contributed by atoms with van der Waals surface area (Å²) in [4.78, 5) is 0.788. The largest absolute Gasteiger partial charge is 0.486 e. The highest BCUT2D eigenvalue weighted by Crippen LogP contribution is 2.37. The van der Waals surface area contributed by atoms with Crippen LogP contribution in [0.1, 0.15) is 69.5 Å². The Bertz CT molecular complexity index is 1330. The Morgan fingerprint density at radius 2 is 1.81 bits per heavy atom. The smallest absolute Gasteiger partial charge is 0.169 e. The van der Waals surface area contributed by atoms with Crippen LogP contribution in [0.15, 0.2) is 60.7 Å². The first-order valence-corrected chi connectivity index (χ1v) is 14.3. The molecular formula is C31H38N4OS. The number of para-hydroxylation sites is 1. The molecule has 0 aliphatic carbocycles. The molecule has 0 saturated heterocycles. The molecule has 2 aromatic heterocycles. The van der Waals surface area contributed by atoms with Crippen molar-refractivity contribution in [2.75, 3.05) is 6.54 Å². The zero-order chi connectivity index (χ0) is 25.6. The van der Waals surface area contributed by atoms with Gasteiger partial charge in [-0.15, -0.1) is 5.10 Å². The number of hydrogen-bond acceptors (Lipinski definition) is 3. The van der Waals surface area contributed by atoms with Gasteiger partial charge < -0.3 is 14.6 Å². The van der Waals surface area contributed by atoms with Crippen LogP contribution >= 0.6 is 12.2 Å². The highest BCUT2D eigenvalue weighted by molar-refractivity contribution is 7.80. The summed E-state index contributed by atoms with van der Waals surface area (Å²) in [6.45, 7) is 6.81. The Morgan fingerprint density at radius 3 is 2.54 bits per heavy atom. The molecule has 1 aliphatic heterocycles. The van der Waals surface area contributed by atoms with Crippen LogP contribution in [0.4, 0.5) is 0 Å². The minimum atomic E-state index is 0.431. The average molecular weight is 515 g/mol. The summed E-state index contributed by atoms with van der Waals surface area (Å²) >= 11 is 6.11. The standard InChI is InChI=1S/C31H38N4OS/c1-3-5-14-23(4-2)21-32-30(37)29-28(24-15-8-6-9-16-24)26-19-12-13-20-34-27(33-35(29)31(26)34)22-36-25-17-10-7-11-18-25/h6-11,15-18,23H,3-5,12-14,19-22H2,1-2H3,(H,32,37)/t23-/m1/s1. The number of aromatic nitrogens is 3. The fourth-order valence-corrected chi connectivity index (χ4v) is 5.74. The predicted molar refractivity (Wildman–Crippen MR) is 155 cm³/mol. The zero-order valence-electron chi connectivity index (χ0n) is 22.1. The van der Waals surface area contributed by atoms with Crippen LogP contribution in [-0.4, -0.2) is 25.7 Å². The molecule has 1 aliphatic rings. The van der Waals surface area contributed by atoms with E-state index in [1.54, 1.807) is 0 Å². The van der Waals surface area contributed by atoms with Crippen molar-refractivity contribution in [3.63, 3.8) is 0 Å². The molecule has 0 spiro atoms. The van der Waals surface area contributed by atoms with E-state index in [1.807, 2.05) is 30.3 Å². The Morgan fingerprint density at radius 1 is 1.05 bits per heavy atom. The van der Waals surface area contributed by atoms with Gasteiger partial charge in [0, 0.05) is 24.2 Å². The molecule has 0 saturated carbocycles. The molecule has 0 radical (unpaired) electrons. The lowest BCUT2D eigenvalue weighted by molar-refractivity contribution is 0.288. The van der Waals surface area contributed by atoms with Crippen molar-refractivity contribution in [2.45, 2.75) is 71.9 Å². The Hall–Kier alpha value is -3.12. The van der Waals surface area contributed by atoms with E-state index in [0.29, 0.717) is 12.5 Å². The van der Waals surface area contributed by atoms with E-state index in [9.17, 15) is 0 Å². The van der Waals surface area contributed by atoms with Crippen LogP contribution in [-0.2, 0) is 19.6 Å². The Balaban J connectivity index is 1.56. The number of unbranched alkanes of at least 4 members (excludes halogenated alkanes) is 1. The second-order valence-electron chi connectivity index (χ2n) is 10.1. The number of benzene rings is 2. The molecular weight excluding hydrogens is 476 g/mol. The zero-order valence-corrected chi connectivity index (χ0v) is 22.9. The van der Waals surface area contributed by atoms with Crippen molar-refractivity contribution in [3.05, 3.63) is 77.7 Å². The van der Waals surface area contributed by atoms with Gasteiger partial charge in [0.1, 0.15) is 28.7 Å². The topological polar surface area (TPSA) is 43.5 Å². The summed E-state index contributed by atoms with van der Waals surface area (Å²) in [7, 11) is 0. The normalized spacial score (nSPS) is 13.9. The third kappa shape index (κ3) is 5.45. The first-order valence-electron chi connectivity index (χ1n) is 13.9. The molecule has 6 heteroatoms. The van der Waals surface area contributed by atoms with Gasteiger partial charge in [-0.2, -0.15) is 0 Å². The van der Waals surface area contributed by atoms with Gasteiger partial charge in [-0.05, 0) is 49.3 Å². The molecule has 4 aromatic rings. The van der Waals surface area contributed by atoms with Crippen molar-refractivity contribution in [2.24, 2.45) is 5.92 Å². The molecule has 3 heterocycles. The van der Waals surface area contributed by atoms with Gasteiger partial charge in [-0.1, -0.05) is 93.9 Å². The molecule has 5 nitrogen and oxygen atoms in total. The van der Waals surface area contributed by atoms with Gasteiger partial charge in [-0.25, -0.2) is 4.52 Å². The lowest BCUT2D eigenvalue weighted by atomic mass is 9.97. The molecule has 5 rings (SSSR count). The first-order chi connectivity index (χ1) is 18.2. The van der Waals surface area contributed by atoms with Crippen LogP contribution in [0.3, 0.4) is 0 Å². The van der Waals surface area contributed by atoms with Gasteiger partial charge in [0.2, 0.25) is 0 Å². The second-order valence-corrected chi connectivity index (χ2v) is 10.5. The number of thiocarbonyl (C=S) groups is 1. The molecule has 194 valence electrons. The van der Waals surface area contributed by atoms with Crippen LogP contribution in [0.5, 0.6) is 5.75 Å². The molecule has 2 aromatic carbocycles. The summed E-state index contributed by atoms with van der Waals surface area (Å²) in [6, 6.07) is 20.7. The maximum absolute atomic E-state index is 6.14. The maximum atomic E-state index is 6.14. The number of aryl methyl sites for hydroxylation is 2. The average Bonchev–Trinajstić information content (AvgIpc) is 3.34. The Kier molecular flexibility index (Phi) is 8.24. The first kappa shape index (κ1) is 25.5. The molecule has 0 fully saturated rings. The fraction of sp³-hybridized carbons (Fsp3) is 0.419. The SMILES string of the molecule is CCCC[C@@H](CC)CNC(=S)c1c(-c2ccccc2)c2c3n(c(COc4ccccc4)nn13)CCCC2. The minimum absolute atomic E-state index is 0.431. The number of hydrogen-bond donors (Lipinski definition) is 1. The van der Waals surface area contributed by atoms with Gasteiger partial charge in [0.05, 0.1) is 0 Å². The third-order valence-corrected chi connectivity index (χ3v) is 7.88. The van der Waals surface area contributed by atoms with Crippen molar-refractivity contribution in [3.8, 4) is 16.9 Å². The van der Waals surface area contributed by atoms with E-state index in [1.165, 1.54) is 41.6 Å². The maximum Gasteiger partial charge on any atom is 0.169 e. The van der Waals surface area contributed by atoms with E-state index in [0.717, 1.165) is 61.0 Å². The highest BCUT2D eigenvalue weighted by atomic mass is 32.1. The van der Waals surface area contributed by atoms with Crippen LogP contribution in [0.25, 0.3) is 16.8 Å². The van der Waals surface area contributed by atoms with Crippen molar-refractivity contribution >= 4 is 22.9 Å². The van der Waals surface area contributed by atoms with Gasteiger partial charge in [0.15, 0.2) is 5.82 Å². The van der Waals surface area contributed by atoms with Gasteiger partial charge in [-0.3, -0.25) is 0 Å². The van der Waals surface area contributed by atoms with E-state index in [-0.39, 0.29) is 0 Å². The number of rotatable bonds is 11. The monoisotopic (exact) mass is 514 g/mol. The summed E-state index contributed by atoms with van der Waals surface area (Å²) in [6.07, 6.45) is 8.18. The molecule has 0 amide bonds. The van der Waals surface area contributed by atoms with Crippen molar-refractivity contribution in [1.82, 2.24) is 19.5 Å². The van der Waals surface area contributed by atoms with Crippen LogP contribution < -0.4 is 10.1 Å². The predicted octanol–water partition coefficient (Wildman–Crippen LogP) is 7.20.